The molecule has 0 saturated carbocycles. The third-order valence-corrected chi connectivity index (χ3v) is 4.85. The predicted octanol–water partition coefficient (Wildman–Crippen LogP) is 2.51. The van der Waals surface area contributed by atoms with Crippen LogP contribution in [0, 0.1) is 0 Å². The molecule has 0 radical (unpaired) electrons. The number of rotatable bonds is 8. The Morgan fingerprint density at radius 3 is 2.42 bits per heavy atom. The number of nitrogens with one attached hydrogen (secondary N) is 2. The largest absolute Gasteiger partial charge is 0.486 e. The summed E-state index contributed by atoms with van der Waals surface area (Å²) < 4.78 is 11.0. The monoisotopic (exact) mass is 425 g/mol. The Morgan fingerprint density at radius 2 is 1.74 bits per heavy atom. The van der Waals surface area contributed by atoms with Crippen molar-refractivity contribution in [1.82, 2.24) is 10.2 Å². The van der Waals surface area contributed by atoms with Gasteiger partial charge in [0, 0.05) is 25.2 Å². The Morgan fingerprint density at radius 1 is 1.03 bits per heavy atom. The molecule has 164 valence electrons. The van der Waals surface area contributed by atoms with E-state index >= 15 is 0 Å². The Kier molecular flexibility index (Phi) is 7.48. The molecule has 1 heterocycles. The summed E-state index contributed by atoms with van der Waals surface area (Å²) in [6.45, 7) is 4.46. The van der Waals surface area contributed by atoms with Crippen LogP contribution < -0.4 is 20.1 Å². The van der Waals surface area contributed by atoms with Crippen LogP contribution in [0.3, 0.4) is 0 Å². The summed E-state index contributed by atoms with van der Waals surface area (Å²) in [7, 11) is 0. The van der Waals surface area contributed by atoms with E-state index in [0.717, 1.165) is 5.56 Å². The molecule has 8 nitrogen and oxygen atoms in total. The molecule has 1 atom stereocenters. The predicted molar refractivity (Wildman–Crippen MR) is 116 cm³/mol. The van der Waals surface area contributed by atoms with Gasteiger partial charge >= 0.3 is 0 Å². The molecule has 0 saturated heterocycles. The number of amides is 3. The highest BCUT2D eigenvalue weighted by Gasteiger charge is 2.22. The van der Waals surface area contributed by atoms with E-state index in [4.69, 9.17) is 9.47 Å². The van der Waals surface area contributed by atoms with E-state index in [9.17, 15) is 14.4 Å². The number of anilines is 1. The minimum atomic E-state index is -0.457. The first kappa shape index (κ1) is 22.1. The molecular weight excluding hydrogens is 398 g/mol. The second kappa shape index (κ2) is 10.5. The van der Waals surface area contributed by atoms with Crippen molar-refractivity contribution in [2.24, 2.45) is 0 Å². The van der Waals surface area contributed by atoms with Gasteiger partial charge in [-0.3, -0.25) is 14.4 Å². The maximum atomic E-state index is 12.9. The molecule has 1 aliphatic rings. The molecule has 0 aromatic heterocycles. The lowest BCUT2D eigenvalue weighted by atomic mass is 10.0. The minimum absolute atomic E-state index is 0.0642. The summed E-state index contributed by atoms with van der Waals surface area (Å²) in [5.74, 6) is 0.458. The van der Waals surface area contributed by atoms with Crippen molar-refractivity contribution < 1.29 is 23.9 Å². The third-order valence-electron chi connectivity index (χ3n) is 4.85. The SMILES string of the molecule is CCN(CC(=O)Nc1ccc2c(c1)OCCO2)C(=O)C[C@H](NC(C)=O)c1ccccc1. The lowest BCUT2D eigenvalue weighted by Gasteiger charge is -2.24. The number of ether oxygens (including phenoxy) is 2. The van der Waals surface area contributed by atoms with Crippen molar-refractivity contribution in [2.45, 2.75) is 26.3 Å². The molecule has 0 bridgehead atoms. The van der Waals surface area contributed by atoms with Crippen LogP contribution in [-0.2, 0) is 14.4 Å². The lowest BCUT2D eigenvalue weighted by Crippen LogP contribution is -2.40. The van der Waals surface area contributed by atoms with Crippen molar-refractivity contribution in [3.63, 3.8) is 0 Å². The van der Waals surface area contributed by atoms with Crippen LogP contribution in [0.2, 0.25) is 0 Å². The standard InChI is InChI=1S/C23H27N3O5/c1-3-26(23(29)14-19(24-16(2)27)17-7-5-4-6-8-17)15-22(28)25-18-9-10-20-21(13-18)31-12-11-30-20/h4-10,13,19H,3,11-12,14-15H2,1-2H3,(H,24,27)(H,25,28)/t19-/m0/s1. The van der Waals surface area contributed by atoms with Gasteiger partial charge in [-0.25, -0.2) is 0 Å². The first-order valence-electron chi connectivity index (χ1n) is 10.3. The zero-order valence-electron chi connectivity index (χ0n) is 17.7. The van der Waals surface area contributed by atoms with E-state index in [1.165, 1.54) is 11.8 Å². The zero-order valence-corrected chi connectivity index (χ0v) is 17.7. The highest BCUT2D eigenvalue weighted by atomic mass is 16.6. The Balaban J connectivity index is 1.61. The smallest absolute Gasteiger partial charge is 0.243 e. The Labute approximate surface area is 181 Å². The van der Waals surface area contributed by atoms with Crippen molar-refractivity contribution in [3.8, 4) is 11.5 Å². The first-order chi connectivity index (χ1) is 15.0. The van der Waals surface area contributed by atoms with Crippen LogP contribution in [0.1, 0.15) is 31.9 Å². The van der Waals surface area contributed by atoms with E-state index in [2.05, 4.69) is 10.6 Å². The topological polar surface area (TPSA) is 97.0 Å². The van der Waals surface area contributed by atoms with Gasteiger partial charge in [0.15, 0.2) is 11.5 Å². The zero-order chi connectivity index (χ0) is 22.2. The van der Waals surface area contributed by atoms with Gasteiger partial charge in [-0.1, -0.05) is 30.3 Å². The molecule has 0 spiro atoms. The molecule has 0 aliphatic carbocycles. The fourth-order valence-corrected chi connectivity index (χ4v) is 3.36. The highest BCUT2D eigenvalue weighted by Crippen LogP contribution is 2.32. The quantitative estimate of drug-likeness (QED) is 0.677. The summed E-state index contributed by atoms with van der Waals surface area (Å²) >= 11 is 0. The molecular formula is C23H27N3O5. The maximum absolute atomic E-state index is 12.9. The van der Waals surface area contributed by atoms with Crippen LogP contribution in [0.25, 0.3) is 0 Å². The summed E-state index contributed by atoms with van der Waals surface area (Å²) in [6.07, 6.45) is 0.0642. The van der Waals surface area contributed by atoms with Crippen LogP contribution in [-0.4, -0.2) is 48.9 Å². The molecule has 2 aromatic rings. The number of hydrogen-bond acceptors (Lipinski definition) is 5. The van der Waals surface area contributed by atoms with E-state index in [0.29, 0.717) is 36.9 Å². The summed E-state index contributed by atoms with van der Waals surface area (Å²) in [5, 5.41) is 5.61. The second-order valence-electron chi connectivity index (χ2n) is 7.18. The van der Waals surface area contributed by atoms with Gasteiger partial charge in [-0.2, -0.15) is 0 Å². The third kappa shape index (κ3) is 6.21. The summed E-state index contributed by atoms with van der Waals surface area (Å²) in [4.78, 5) is 38.5. The molecule has 2 aromatic carbocycles. The fraction of sp³-hybridized carbons (Fsp3) is 0.348. The van der Waals surface area contributed by atoms with Crippen LogP contribution in [0.4, 0.5) is 5.69 Å². The van der Waals surface area contributed by atoms with Gasteiger partial charge < -0.3 is 25.0 Å². The molecule has 31 heavy (non-hydrogen) atoms. The van der Waals surface area contributed by atoms with Crippen molar-refractivity contribution in [3.05, 3.63) is 54.1 Å². The molecule has 8 heteroatoms. The average molecular weight is 425 g/mol. The van der Waals surface area contributed by atoms with E-state index in [-0.39, 0.29) is 30.7 Å². The van der Waals surface area contributed by atoms with Crippen LogP contribution in [0.15, 0.2) is 48.5 Å². The normalized spacial score (nSPS) is 13.1. The van der Waals surface area contributed by atoms with E-state index in [1.54, 1.807) is 18.2 Å². The Hall–Kier alpha value is -3.55. The van der Waals surface area contributed by atoms with Gasteiger partial charge in [0.25, 0.3) is 0 Å². The molecule has 1 aliphatic heterocycles. The number of carbonyl (C=O) groups excluding carboxylic acids is 3. The van der Waals surface area contributed by atoms with E-state index in [1.807, 2.05) is 37.3 Å². The summed E-state index contributed by atoms with van der Waals surface area (Å²) in [6, 6.07) is 14.0. The molecule has 3 rings (SSSR count). The molecule has 0 fully saturated rings. The van der Waals surface area contributed by atoms with Gasteiger partial charge in [0.2, 0.25) is 17.7 Å². The fourth-order valence-electron chi connectivity index (χ4n) is 3.36. The van der Waals surface area contributed by atoms with Crippen LogP contribution in [0.5, 0.6) is 11.5 Å². The first-order valence-corrected chi connectivity index (χ1v) is 10.3. The number of fused-ring (bicyclic) bond motifs is 1. The van der Waals surface area contributed by atoms with Crippen LogP contribution >= 0.6 is 0 Å². The second-order valence-corrected chi connectivity index (χ2v) is 7.18. The molecule has 0 unspecified atom stereocenters. The number of nitrogens with zero attached hydrogens (tertiary/aromatic N) is 1. The van der Waals surface area contributed by atoms with Gasteiger partial charge in [0.05, 0.1) is 19.0 Å². The van der Waals surface area contributed by atoms with Crippen molar-refractivity contribution in [1.29, 1.82) is 0 Å². The average Bonchev–Trinajstić information content (AvgIpc) is 2.77. The number of benzene rings is 2. The molecule has 3 amide bonds. The van der Waals surface area contributed by atoms with Crippen molar-refractivity contribution in [2.75, 3.05) is 31.6 Å². The van der Waals surface area contributed by atoms with Gasteiger partial charge in [-0.15, -0.1) is 0 Å². The minimum Gasteiger partial charge on any atom is -0.486 e. The Bertz CT molecular complexity index is 932. The lowest BCUT2D eigenvalue weighted by molar-refractivity contribution is -0.135. The van der Waals surface area contributed by atoms with Gasteiger partial charge in [-0.05, 0) is 24.6 Å². The highest BCUT2D eigenvalue weighted by molar-refractivity contribution is 5.95. The van der Waals surface area contributed by atoms with Gasteiger partial charge in [0.1, 0.15) is 13.2 Å². The maximum Gasteiger partial charge on any atom is 0.243 e. The number of hydrogen-bond donors (Lipinski definition) is 2. The number of carbonyl (C=O) groups is 3. The summed E-state index contributed by atoms with van der Waals surface area (Å²) in [5.41, 5.74) is 1.40. The van der Waals surface area contributed by atoms with E-state index < -0.39 is 6.04 Å². The van der Waals surface area contributed by atoms with Crippen molar-refractivity contribution >= 4 is 23.4 Å². The number of likely N-dealkylation sites (N-methyl/N-ethyl adjacent to an activating group) is 1. The molecule has 2 N–H and O–H groups in total.